The van der Waals surface area contributed by atoms with Gasteiger partial charge in [0.05, 0.1) is 5.69 Å². The van der Waals surface area contributed by atoms with E-state index in [0.717, 1.165) is 23.8 Å². The van der Waals surface area contributed by atoms with E-state index in [1.54, 1.807) is 30.4 Å². The van der Waals surface area contributed by atoms with Gasteiger partial charge in [-0.1, -0.05) is 46.8 Å². The first-order valence-corrected chi connectivity index (χ1v) is 9.93. The van der Waals surface area contributed by atoms with Crippen LogP contribution in [-0.4, -0.2) is 29.3 Å². The van der Waals surface area contributed by atoms with E-state index in [4.69, 9.17) is 10.1 Å². The molecule has 1 aromatic heterocycles. The fourth-order valence-corrected chi connectivity index (χ4v) is 4.25. The van der Waals surface area contributed by atoms with Crippen molar-refractivity contribution in [3.05, 3.63) is 46.3 Å². The Balaban J connectivity index is 2.54. The van der Waals surface area contributed by atoms with Gasteiger partial charge in [-0.3, -0.25) is 0 Å². The van der Waals surface area contributed by atoms with Crippen molar-refractivity contribution < 1.29 is 9.90 Å². The van der Waals surface area contributed by atoms with Crippen LogP contribution in [0.4, 0.5) is 5.13 Å². The van der Waals surface area contributed by atoms with Gasteiger partial charge in [-0.2, -0.15) is 0 Å². The summed E-state index contributed by atoms with van der Waals surface area (Å²) in [6.07, 6.45) is 8.64. The maximum absolute atomic E-state index is 11.1. The molecule has 0 amide bonds. The summed E-state index contributed by atoms with van der Waals surface area (Å²) < 4.78 is 0. The zero-order chi connectivity index (χ0) is 20.4. The number of aliphatic imine (C=N–C) groups is 1. The molecule has 0 fully saturated rings. The predicted octanol–water partition coefficient (Wildman–Crippen LogP) is 5.06. The molecule has 27 heavy (non-hydrogen) atoms. The van der Waals surface area contributed by atoms with E-state index in [0.29, 0.717) is 5.82 Å². The summed E-state index contributed by atoms with van der Waals surface area (Å²) in [4.78, 5) is 23.5. The minimum atomic E-state index is -0.948. The van der Waals surface area contributed by atoms with Crippen LogP contribution in [0.5, 0.6) is 0 Å². The Morgan fingerprint density at radius 1 is 1.30 bits per heavy atom. The number of allylic oxidation sites excluding steroid dienone is 4. The van der Waals surface area contributed by atoms with Crippen LogP contribution < -0.4 is 4.90 Å². The van der Waals surface area contributed by atoms with Gasteiger partial charge in [-0.05, 0) is 32.2 Å². The predicted molar refractivity (Wildman–Crippen MR) is 114 cm³/mol. The first-order valence-electron chi connectivity index (χ1n) is 9.11. The summed E-state index contributed by atoms with van der Waals surface area (Å²) >= 11 is 1.67. The number of carboxylic acids is 1. The highest BCUT2D eigenvalue weighted by molar-refractivity contribution is 7.16. The van der Waals surface area contributed by atoms with Gasteiger partial charge in [-0.15, -0.1) is 11.3 Å². The van der Waals surface area contributed by atoms with Crippen LogP contribution in [0.25, 0.3) is 0 Å². The highest BCUT2D eigenvalue weighted by atomic mass is 32.1. The number of rotatable bonds is 7. The topological polar surface area (TPSA) is 65.8 Å². The van der Waals surface area contributed by atoms with Gasteiger partial charge in [0.25, 0.3) is 0 Å². The molecule has 0 bridgehead atoms. The summed E-state index contributed by atoms with van der Waals surface area (Å²) in [7, 11) is 0. The molecule has 0 unspecified atom stereocenters. The summed E-state index contributed by atoms with van der Waals surface area (Å²) in [6, 6.07) is 0. The van der Waals surface area contributed by atoms with E-state index < -0.39 is 5.97 Å². The lowest BCUT2D eigenvalue weighted by Gasteiger charge is -2.32. The molecule has 0 atom stereocenters. The van der Waals surface area contributed by atoms with Gasteiger partial charge in [0.2, 0.25) is 0 Å². The molecule has 1 heterocycles. The number of carbonyl (C=O) groups is 1. The van der Waals surface area contributed by atoms with Crippen LogP contribution >= 0.6 is 11.3 Å². The number of hydrogen-bond donors (Lipinski definition) is 1. The number of anilines is 1. The summed E-state index contributed by atoms with van der Waals surface area (Å²) in [6.45, 7) is 16.8. The van der Waals surface area contributed by atoms with Crippen LogP contribution in [0.3, 0.4) is 0 Å². The standard InChI is InChI=1S/C21H29N3O2S/c1-8-13-24(15(22-7)10-9-14(2)18(25)26)19-23-16-17(27-19)21(5,6)12-11-20(16,3)4/h9-12H,7-8,13H2,1-6H3,(H,25,26)/b14-9+,15-10+. The Morgan fingerprint density at radius 3 is 2.44 bits per heavy atom. The SMILES string of the molecule is C=N/C(=C\C=C(/C)C(=O)O)N(CCC)c1nc2c(s1)C(C)(C)C=CC2(C)C. The van der Waals surface area contributed by atoms with Gasteiger partial charge < -0.3 is 10.0 Å². The van der Waals surface area contributed by atoms with Gasteiger partial charge in [0, 0.05) is 27.8 Å². The quantitative estimate of drug-likeness (QED) is 0.307. The van der Waals surface area contributed by atoms with E-state index in [1.165, 1.54) is 4.88 Å². The van der Waals surface area contributed by atoms with Crippen molar-refractivity contribution in [2.75, 3.05) is 11.4 Å². The minimum Gasteiger partial charge on any atom is -0.478 e. The molecular formula is C21H29N3O2S. The Labute approximate surface area is 165 Å². The first kappa shape index (κ1) is 21.1. The lowest BCUT2D eigenvalue weighted by Crippen LogP contribution is -2.28. The van der Waals surface area contributed by atoms with Crippen molar-refractivity contribution in [3.63, 3.8) is 0 Å². The van der Waals surface area contributed by atoms with Crippen LogP contribution in [-0.2, 0) is 15.6 Å². The van der Waals surface area contributed by atoms with Crippen molar-refractivity contribution in [1.29, 1.82) is 0 Å². The zero-order valence-electron chi connectivity index (χ0n) is 17.0. The molecule has 1 N–H and O–H groups in total. The summed E-state index contributed by atoms with van der Waals surface area (Å²) in [5.41, 5.74) is 1.15. The molecule has 2 rings (SSSR count). The average molecular weight is 388 g/mol. The van der Waals surface area contributed by atoms with Gasteiger partial charge in [-0.25, -0.2) is 14.8 Å². The van der Waals surface area contributed by atoms with Crippen LogP contribution in [0.1, 0.15) is 58.5 Å². The molecule has 0 saturated carbocycles. The van der Waals surface area contributed by atoms with Crippen molar-refractivity contribution in [1.82, 2.24) is 4.98 Å². The van der Waals surface area contributed by atoms with Crippen molar-refractivity contribution in [2.45, 2.75) is 58.8 Å². The van der Waals surface area contributed by atoms with Crippen LogP contribution in [0, 0.1) is 0 Å². The summed E-state index contributed by atoms with van der Waals surface area (Å²) in [5.74, 6) is -0.344. The van der Waals surface area contributed by atoms with Gasteiger partial charge in [0.15, 0.2) is 5.13 Å². The highest BCUT2D eigenvalue weighted by Gasteiger charge is 2.37. The molecule has 1 aromatic rings. The molecule has 0 saturated heterocycles. The molecule has 0 radical (unpaired) electrons. The summed E-state index contributed by atoms with van der Waals surface area (Å²) in [5, 5.41) is 9.95. The zero-order valence-corrected chi connectivity index (χ0v) is 17.9. The molecule has 6 heteroatoms. The van der Waals surface area contributed by atoms with Crippen molar-refractivity contribution in [2.24, 2.45) is 4.99 Å². The van der Waals surface area contributed by atoms with Crippen molar-refractivity contribution in [3.8, 4) is 0 Å². The third-order valence-corrected chi connectivity index (χ3v) is 6.08. The Hall–Kier alpha value is -2.21. The fourth-order valence-electron chi connectivity index (χ4n) is 2.90. The second-order valence-corrected chi connectivity index (χ2v) is 8.92. The van der Waals surface area contributed by atoms with E-state index in [2.05, 4.69) is 58.5 Å². The molecule has 0 aliphatic heterocycles. The lowest BCUT2D eigenvalue weighted by molar-refractivity contribution is -0.132. The Morgan fingerprint density at radius 2 is 1.93 bits per heavy atom. The van der Waals surface area contributed by atoms with E-state index >= 15 is 0 Å². The minimum absolute atomic E-state index is 0.0655. The fraction of sp³-hybridized carbons (Fsp3) is 0.476. The number of aromatic nitrogens is 1. The second kappa shape index (κ2) is 7.80. The number of aliphatic carboxylic acids is 1. The van der Waals surface area contributed by atoms with Crippen molar-refractivity contribution >= 4 is 29.2 Å². The number of nitrogens with zero attached hydrogens (tertiary/aromatic N) is 3. The first-order chi connectivity index (χ1) is 12.5. The second-order valence-electron chi connectivity index (χ2n) is 7.94. The van der Waals surface area contributed by atoms with E-state index in [9.17, 15) is 4.79 Å². The number of hydrogen-bond acceptors (Lipinski definition) is 5. The van der Waals surface area contributed by atoms with Gasteiger partial charge >= 0.3 is 5.97 Å². The number of fused-ring (bicyclic) bond motifs is 1. The smallest absolute Gasteiger partial charge is 0.331 e. The average Bonchev–Trinajstić information content (AvgIpc) is 3.06. The number of thiazole rings is 1. The molecule has 146 valence electrons. The molecular weight excluding hydrogens is 358 g/mol. The molecule has 0 aromatic carbocycles. The third-order valence-electron chi connectivity index (χ3n) is 4.66. The monoisotopic (exact) mass is 387 g/mol. The Kier molecular flexibility index (Phi) is 6.10. The number of carboxylic acid groups (broad SMARTS) is 1. The van der Waals surface area contributed by atoms with E-state index in [-0.39, 0.29) is 16.4 Å². The molecule has 1 aliphatic carbocycles. The highest BCUT2D eigenvalue weighted by Crippen LogP contribution is 2.46. The maximum Gasteiger partial charge on any atom is 0.331 e. The Bertz CT molecular complexity index is 793. The molecule has 5 nitrogen and oxygen atoms in total. The lowest BCUT2D eigenvalue weighted by atomic mass is 9.75. The molecule has 0 spiro atoms. The maximum atomic E-state index is 11.1. The van der Waals surface area contributed by atoms with Gasteiger partial charge in [0.1, 0.15) is 5.82 Å². The third kappa shape index (κ3) is 4.38. The normalized spacial score (nSPS) is 18.1. The largest absolute Gasteiger partial charge is 0.478 e. The molecule has 1 aliphatic rings. The van der Waals surface area contributed by atoms with Crippen LogP contribution in [0.2, 0.25) is 0 Å². The van der Waals surface area contributed by atoms with E-state index in [1.807, 2.05) is 4.90 Å². The van der Waals surface area contributed by atoms with Crippen LogP contribution in [0.15, 0.2) is 40.7 Å².